The molecule has 1 aliphatic rings. The highest BCUT2D eigenvalue weighted by Crippen LogP contribution is 2.55. The van der Waals surface area contributed by atoms with Crippen LogP contribution in [0.4, 0.5) is 8.78 Å². The third-order valence-corrected chi connectivity index (χ3v) is 4.87. The van der Waals surface area contributed by atoms with Gasteiger partial charge in [0.1, 0.15) is 11.8 Å². The van der Waals surface area contributed by atoms with Gasteiger partial charge in [-0.25, -0.2) is 13.8 Å². The molecular formula is C15H19F2N3O. The molecule has 3 atom stereocenters. The molecule has 1 saturated carbocycles. The van der Waals surface area contributed by atoms with E-state index in [1.807, 2.05) is 6.92 Å². The van der Waals surface area contributed by atoms with Crippen molar-refractivity contribution in [2.75, 3.05) is 7.11 Å². The summed E-state index contributed by atoms with van der Waals surface area (Å²) in [4.78, 5) is 11.2. The first kappa shape index (κ1) is 14.2. The SMILES string of the molecule is CC[C@H]1C[C@@H](c2c[nH]c3c(OC)ncnc23)C(F)(F)[C@@H]1C. The van der Waals surface area contributed by atoms with Crippen LogP contribution < -0.4 is 4.74 Å². The Morgan fingerprint density at radius 2 is 2.19 bits per heavy atom. The van der Waals surface area contributed by atoms with E-state index in [1.54, 1.807) is 13.1 Å². The summed E-state index contributed by atoms with van der Waals surface area (Å²) in [6.07, 6.45) is 4.25. The number of hydrogen-bond acceptors (Lipinski definition) is 3. The van der Waals surface area contributed by atoms with Crippen molar-refractivity contribution < 1.29 is 13.5 Å². The van der Waals surface area contributed by atoms with Crippen LogP contribution in [0.15, 0.2) is 12.5 Å². The first-order chi connectivity index (χ1) is 10.0. The summed E-state index contributed by atoms with van der Waals surface area (Å²) < 4.78 is 34.4. The minimum Gasteiger partial charge on any atom is -0.479 e. The lowest BCUT2D eigenvalue weighted by atomic mass is 9.93. The second-order valence-electron chi connectivity index (χ2n) is 5.77. The Kier molecular flexibility index (Phi) is 3.34. The number of rotatable bonds is 3. The van der Waals surface area contributed by atoms with Crippen LogP contribution in [0.2, 0.25) is 0 Å². The number of aromatic nitrogens is 3. The zero-order valence-corrected chi connectivity index (χ0v) is 12.4. The number of fused-ring (bicyclic) bond motifs is 1. The molecule has 0 radical (unpaired) electrons. The summed E-state index contributed by atoms with van der Waals surface area (Å²) in [6.45, 7) is 3.62. The summed E-state index contributed by atoms with van der Waals surface area (Å²) >= 11 is 0. The summed E-state index contributed by atoms with van der Waals surface area (Å²) in [7, 11) is 1.50. The number of H-pyrrole nitrogens is 1. The Bertz CT molecular complexity index is 655. The van der Waals surface area contributed by atoms with Crippen LogP contribution in [0.1, 0.15) is 38.2 Å². The number of aromatic amines is 1. The lowest BCUT2D eigenvalue weighted by molar-refractivity contribution is -0.0529. The summed E-state index contributed by atoms with van der Waals surface area (Å²) in [5.41, 5.74) is 1.69. The topological polar surface area (TPSA) is 50.8 Å². The highest BCUT2D eigenvalue weighted by Gasteiger charge is 2.55. The van der Waals surface area contributed by atoms with Gasteiger partial charge in [0.15, 0.2) is 0 Å². The quantitative estimate of drug-likeness (QED) is 0.938. The molecule has 1 aliphatic carbocycles. The maximum absolute atomic E-state index is 14.6. The number of halogens is 2. The highest BCUT2D eigenvalue weighted by molar-refractivity contribution is 5.83. The summed E-state index contributed by atoms with van der Waals surface area (Å²) in [6, 6.07) is 0. The molecule has 0 amide bonds. The van der Waals surface area contributed by atoms with Gasteiger partial charge in [0.05, 0.1) is 18.5 Å². The zero-order valence-electron chi connectivity index (χ0n) is 12.4. The van der Waals surface area contributed by atoms with E-state index in [2.05, 4.69) is 15.0 Å². The van der Waals surface area contributed by atoms with Crippen molar-refractivity contribution in [2.45, 2.75) is 38.5 Å². The van der Waals surface area contributed by atoms with Gasteiger partial charge in [-0.05, 0) is 12.3 Å². The average molecular weight is 295 g/mol. The molecule has 0 unspecified atom stereocenters. The van der Waals surface area contributed by atoms with Crippen LogP contribution in [0.25, 0.3) is 11.0 Å². The number of methoxy groups -OCH3 is 1. The predicted molar refractivity (Wildman–Crippen MR) is 75.7 cm³/mol. The molecule has 3 rings (SSSR count). The highest BCUT2D eigenvalue weighted by atomic mass is 19.3. The third kappa shape index (κ3) is 2.00. The fraction of sp³-hybridized carbons (Fsp3) is 0.600. The first-order valence-electron chi connectivity index (χ1n) is 7.24. The number of hydrogen-bond donors (Lipinski definition) is 1. The molecule has 2 heterocycles. The average Bonchev–Trinajstić information content (AvgIpc) is 2.99. The molecule has 21 heavy (non-hydrogen) atoms. The maximum atomic E-state index is 14.6. The fourth-order valence-corrected chi connectivity index (χ4v) is 3.51. The Morgan fingerprint density at radius 1 is 1.43 bits per heavy atom. The summed E-state index contributed by atoms with van der Waals surface area (Å²) in [5.74, 6) is -3.70. The molecular weight excluding hydrogens is 276 g/mol. The number of nitrogens with one attached hydrogen (secondary N) is 1. The first-order valence-corrected chi connectivity index (χ1v) is 7.24. The minimum atomic E-state index is -2.71. The van der Waals surface area contributed by atoms with Gasteiger partial charge >= 0.3 is 0 Å². The molecule has 2 aromatic heterocycles. The van der Waals surface area contributed by atoms with Crippen molar-refractivity contribution in [1.29, 1.82) is 0 Å². The fourth-order valence-electron chi connectivity index (χ4n) is 3.51. The van der Waals surface area contributed by atoms with Gasteiger partial charge < -0.3 is 9.72 Å². The Labute approximate surface area is 121 Å². The minimum absolute atomic E-state index is 0.0404. The van der Waals surface area contributed by atoms with Gasteiger partial charge in [-0.15, -0.1) is 0 Å². The zero-order chi connectivity index (χ0) is 15.2. The third-order valence-electron chi connectivity index (χ3n) is 4.87. The second-order valence-corrected chi connectivity index (χ2v) is 5.77. The van der Waals surface area contributed by atoms with Crippen molar-refractivity contribution in [3.8, 4) is 5.88 Å². The maximum Gasteiger partial charge on any atom is 0.257 e. The molecule has 1 fully saturated rings. The second kappa shape index (κ2) is 4.93. The van der Waals surface area contributed by atoms with Crippen LogP contribution in [0.5, 0.6) is 5.88 Å². The van der Waals surface area contributed by atoms with Gasteiger partial charge in [-0.2, -0.15) is 4.98 Å². The van der Waals surface area contributed by atoms with Gasteiger partial charge in [-0.1, -0.05) is 20.3 Å². The largest absolute Gasteiger partial charge is 0.479 e. The van der Waals surface area contributed by atoms with Crippen LogP contribution >= 0.6 is 0 Å². The molecule has 0 bridgehead atoms. The van der Waals surface area contributed by atoms with Gasteiger partial charge in [0.25, 0.3) is 5.92 Å². The van der Waals surface area contributed by atoms with Crippen molar-refractivity contribution in [2.24, 2.45) is 11.8 Å². The van der Waals surface area contributed by atoms with Crippen LogP contribution in [-0.2, 0) is 0 Å². The Balaban J connectivity index is 2.09. The van der Waals surface area contributed by atoms with Crippen molar-refractivity contribution in [3.05, 3.63) is 18.1 Å². The van der Waals surface area contributed by atoms with E-state index in [0.29, 0.717) is 28.9 Å². The van der Waals surface area contributed by atoms with E-state index in [4.69, 9.17) is 4.74 Å². The Hall–Kier alpha value is -1.72. The normalized spacial score (nSPS) is 28.1. The Morgan fingerprint density at radius 3 is 2.81 bits per heavy atom. The van der Waals surface area contributed by atoms with Gasteiger partial charge in [0.2, 0.25) is 5.88 Å². The van der Waals surface area contributed by atoms with E-state index < -0.39 is 17.8 Å². The molecule has 0 aliphatic heterocycles. The molecule has 114 valence electrons. The van der Waals surface area contributed by atoms with E-state index in [-0.39, 0.29) is 5.92 Å². The number of alkyl halides is 2. The van der Waals surface area contributed by atoms with Gasteiger partial charge in [-0.3, -0.25) is 0 Å². The van der Waals surface area contributed by atoms with Crippen LogP contribution in [-0.4, -0.2) is 28.0 Å². The summed E-state index contributed by atoms with van der Waals surface area (Å²) in [5, 5.41) is 0. The van der Waals surface area contributed by atoms with E-state index in [0.717, 1.165) is 6.42 Å². The molecule has 2 aromatic rings. The van der Waals surface area contributed by atoms with E-state index in [9.17, 15) is 8.78 Å². The lowest BCUT2D eigenvalue weighted by Gasteiger charge is -2.22. The molecule has 4 nitrogen and oxygen atoms in total. The molecule has 6 heteroatoms. The van der Waals surface area contributed by atoms with E-state index in [1.165, 1.54) is 13.4 Å². The van der Waals surface area contributed by atoms with E-state index >= 15 is 0 Å². The number of nitrogens with zero attached hydrogens (tertiary/aromatic N) is 2. The van der Waals surface area contributed by atoms with Crippen LogP contribution in [0.3, 0.4) is 0 Å². The molecule has 0 spiro atoms. The number of ether oxygens (including phenoxy) is 1. The van der Waals surface area contributed by atoms with Crippen molar-refractivity contribution >= 4 is 11.0 Å². The van der Waals surface area contributed by atoms with Crippen molar-refractivity contribution in [1.82, 2.24) is 15.0 Å². The smallest absolute Gasteiger partial charge is 0.257 e. The molecule has 0 aromatic carbocycles. The lowest BCUT2D eigenvalue weighted by Crippen LogP contribution is -2.27. The van der Waals surface area contributed by atoms with Crippen molar-refractivity contribution in [3.63, 3.8) is 0 Å². The monoisotopic (exact) mass is 295 g/mol. The predicted octanol–water partition coefficient (Wildman–Crippen LogP) is 3.75. The standard InChI is InChI=1S/C15H19F2N3O/c1-4-9-5-11(15(16,17)8(9)2)10-6-18-13-12(10)19-7-20-14(13)21-3/h6-9,11,18H,4-5H2,1-3H3/t8-,9+,11+/m1/s1. The van der Waals surface area contributed by atoms with Gasteiger partial charge in [0, 0.05) is 17.7 Å². The van der Waals surface area contributed by atoms with Crippen LogP contribution in [0, 0.1) is 11.8 Å². The molecule has 0 saturated heterocycles. The molecule has 1 N–H and O–H groups in total.